The van der Waals surface area contributed by atoms with Gasteiger partial charge in [-0.2, -0.15) is 12.2 Å². The Hall–Kier alpha value is -4.61. The quantitative estimate of drug-likeness (QED) is 0.157. The van der Waals surface area contributed by atoms with E-state index < -0.39 is 0 Å². The molecule has 4 heteroatoms. The van der Waals surface area contributed by atoms with Crippen molar-refractivity contribution in [2.24, 2.45) is 0 Å². The van der Waals surface area contributed by atoms with E-state index in [1.54, 1.807) is 0 Å². The number of fused-ring (bicyclic) bond motifs is 6. The molecule has 2 aliphatic rings. The number of rotatable bonds is 2. The fourth-order valence-corrected chi connectivity index (χ4v) is 6.68. The average Bonchev–Trinajstić information content (AvgIpc) is 4.08. The maximum absolute atomic E-state index is 2.99. The third-order valence-electron chi connectivity index (χ3n) is 8.63. The molecule has 8 aromatic rings. The second kappa shape index (κ2) is 25.5. The molecule has 0 radical (unpaired) electrons. The Kier molecular flexibility index (Phi) is 20.9. The fourth-order valence-electron chi connectivity index (χ4n) is 5.86. The summed E-state index contributed by atoms with van der Waals surface area (Å²) in [7, 11) is 0. The van der Waals surface area contributed by atoms with Crippen LogP contribution in [0.25, 0.3) is 43.1 Å². The molecule has 0 unspecified atom stereocenters. The Morgan fingerprint density at radius 3 is 0.875 bits per heavy atom. The Labute approximate surface area is 360 Å². The number of allylic oxidation sites excluding steroid dienone is 8. The predicted molar refractivity (Wildman–Crippen MR) is 230 cm³/mol. The van der Waals surface area contributed by atoms with Crippen LogP contribution in [0.2, 0.25) is 0 Å². The van der Waals surface area contributed by atoms with Gasteiger partial charge in [-0.25, -0.2) is 24.3 Å². The topological polar surface area (TPSA) is 0 Å². The zero-order chi connectivity index (χ0) is 37.8. The van der Waals surface area contributed by atoms with Crippen LogP contribution in [0.15, 0.2) is 206 Å². The Morgan fingerprint density at radius 2 is 0.679 bits per heavy atom. The van der Waals surface area contributed by atoms with Gasteiger partial charge in [-0.1, -0.05) is 72.8 Å². The molecule has 0 atom stereocenters. The normalized spacial score (nSPS) is 11.2. The predicted octanol–water partition coefficient (Wildman–Crippen LogP) is 7.59. The van der Waals surface area contributed by atoms with Gasteiger partial charge in [-0.15, -0.1) is 92.3 Å². The van der Waals surface area contributed by atoms with Gasteiger partial charge >= 0.3 is 141 Å². The third-order valence-corrected chi connectivity index (χ3v) is 10.0. The monoisotopic (exact) mass is 886 g/mol. The van der Waals surface area contributed by atoms with Crippen LogP contribution in [0, 0.1) is 12.2 Å². The minimum Gasteiger partial charge on any atom is -1.00 e. The standard InChI is InChI=1S/2C13H9.2C8H8.2C5H5.2FH.2Zr/c2*1-3-7-12-10(5-1)9-11-6-2-4-8-13(11)12;2*1-2-8-6-4-3-5-7-8;2*1-2-4-5-3-1;;;;/h2*1-9H;2*3-7H,1H3;2*1-3H,4H2;2*1H;;/q2*-1;;;2*-1;;;2*+2/p-2. The van der Waals surface area contributed by atoms with E-state index in [9.17, 15) is 0 Å². The average molecular weight is 889 g/mol. The van der Waals surface area contributed by atoms with E-state index >= 15 is 0 Å². The molecular formula is C52H44F2Zr2-2. The van der Waals surface area contributed by atoms with Gasteiger partial charge in [0.05, 0.1) is 0 Å². The van der Waals surface area contributed by atoms with E-state index in [0.717, 1.165) is 12.8 Å². The summed E-state index contributed by atoms with van der Waals surface area (Å²) in [6.07, 6.45) is 20.0. The molecule has 8 aromatic carbocycles. The van der Waals surface area contributed by atoms with E-state index in [0.29, 0.717) is 0 Å². The molecule has 0 heterocycles. The number of hydrogen-bond donors (Lipinski definition) is 0. The SMILES string of the molecule is C[C](=[Zr+2])c1ccccc1.C[C](=[Zr+2])c1ccccc1.[C-]1=CC=CC1.[C-]1=CC=CC1.[F-].[F-].c1ccc2c(c1)[cH-]c1ccccc12.c1ccc2c(c1)[cH-]c1ccccc12. The second-order valence-electron chi connectivity index (χ2n) is 12.6. The van der Waals surface area contributed by atoms with Crippen molar-refractivity contribution in [3.05, 3.63) is 230 Å². The van der Waals surface area contributed by atoms with Gasteiger partial charge in [0.15, 0.2) is 0 Å². The van der Waals surface area contributed by atoms with Crippen molar-refractivity contribution in [2.45, 2.75) is 26.7 Å². The van der Waals surface area contributed by atoms with Crippen molar-refractivity contribution in [3.63, 3.8) is 0 Å². The van der Waals surface area contributed by atoms with E-state index in [1.165, 1.54) is 109 Å². The molecule has 0 saturated carbocycles. The molecular weight excluding hydrogens is 845 g/mol. The molecule has 0 bridgehead atoms. The zero-order valence-electron chi connectivity index (χ0n) is 31.8. The third kappa shape index (κ3) is 14.5. The van der Waals surface area contributed by atoms with Gasteiger partial charge in [0.1, 0.15) is 0 Å². The molecule has 0 spiro atoms. The Bertz CT molecular complexity index is 2200. The van der Waals surface area contributed by atoms with Crippen LogP contribution < -0.4 is 9.41 Å². The molecule has 0 N–H and O–H groups in total. The van der Waals surface area contributed by atoms with E-state index in [2.05, 4.69) is 196 Å². The van der Waals surface area contributed by atoms with Crippen LogP contribution in [0.4, 0.5) is 0 Å². The summed E-state index contributed by atoms with van der Waals surface area (Å²) >= 11 is 3.01. The summed E-state index contributed by atoms with van der Waals surface area (Å²) in [6.45, 7) is 4.32. The van der Waals surface area contributed by atoms with Crippen LogP contribution >= 0.6 is 0 Å². The largest absolute Gasteiger partial charge is 1.00 e. The minimum atomic E-state index is 0. The van der Waals surface area contributed by atoms with Gasteiger partial charge < -0.3 is 9.41 Å². The Morgan fingerprint density at radius 1 is 0.411 bits per heavy atom. The van der Waals surface area contributed by atoms with Gasteiger partial charge in [-0.3, -0.25) is 12.2 Å². The zero-order valence-corrected chi connectivity index (χ0v) is 36.7. The van der Waals surface area contributed by atoms with Crippen molar-refractivity contribution in [1.82, 2.24) is 0 Å². The van der Waals surface area contributed by atoms with E-state index in [1.807, 2.05) is 36.4 Å². The second-order valence-corrected chi connectivity index (χ2v) is 16.3. The first-order valence-corrected chi connectivity index (χ1v) is 20.7. The summed E-state index contributed by atoms with van der Waals surface area (Å²) < 4.78 is 2.92. The van der Waals surface area contributed by atoms with E-state index in [-0.39, 0.29) is 9.41 Å². The minimum absolute atomic E-state index is 0. The van der Waals surface area contributed by atoms with E-state index in [4.69, 9.17) is 0 Å². The fraction of sp³-hybridized carbons (Fsp3) is 0.0769. The summed E-state index contributed by atoms with van der Waals surface area (Å²) in [6, 6.07) is 59.5. The van der Waals surface area contributed by atoms with Crippen molar-refractivity contribution < 1.29 is 57.9 Å². The van der Waals surface area contributed by atoms with Gasteiger partial charge in [-0.05, 0) is 0 Å². The van der Waals surface area contributed by atoms with Gasteiger partial charge in [0.25, 0.3) is 0 Å². The Balaban J connectivity index is 0.000000185. The first-order valence-electron chi connectivity index (χ1n) is 18.2. The first kappa shape index (κ1) is 45.8. The maximum atomic E-state index is 2.99. The molecule has 0 saturated heterocycles. The van der Waals surface area contributed by atoms with Crippen molar-refractivity contribution in [3.8, 4) is 0 Å². The molecule has 276 valence electrons. The van der Waals surface area contributed by atoms with Crippen molar-refractivity contribution in [2.75, 3.05) is 0 Å². The number of halogens is 2. The number of benzene rings is 6. The van der Waals surface area contributed by atoms with Crippen LogP contribution in [-0.4, -0.2) is 6.41 Å². The summed E-state index contributed by atoms with van der Waals surface area (Å²) in [4.78, 5) is 0. The van der Waals surface area contributed by atoms with Crippen LogP contribution in [0.5, 0.6) is 0 Å². The van der Waals surface area contributed by atoms with Gasteiger partial charge in [0, 0.05) is 0 Å². The van der Waals surface area contributed by atoms with Crippen LogP contribution in [-0.2, 0) is 48.5 Å². The van der Waals surface area contributed by atoms with Crippen molar-refractivity contribution >= 4 is 49.5 Å². The van der Waals surface area contributed by atoms with Gasteiger partial charge in [0.2, 0.25) is 0 Å². The first-order chi connectivity index (χ1) is 26.5. The maximum Gasteiger partial charge on any atom is -0.0771 e. The number of hydrogen-bond acceptors (Lipinski definition) is 0. The molecule has 0 aromatic heterocycles. The molecule has 0 nitrogen and oxygen atoms in total. The molecule has 0 amide bonds. The molecule has 2 aliphatic carbocycles. The molecule has 0 fully saturated rings. The van der Waals surface area contributed by atoms with Crippen molar-refractivity contribution in [1.29, 1.82) is 0 Å². The molecule has 0 aliphatic heterocycles. The molecule has 10 rings (SSSR count). The summed E-state index contributed by atoms with van der Waals surface area (Å²) in [5.74, 6) is 0. The summed E-state index contributed by atoms with van der Waals surface area (Å²) in [5, 5.41) is 10.8. The smallest absolute Gasteiger partial charge is 0.0771 e. The summed E-state index contributed by atoms with van der Waals surface area (Å²) in [5.41, 5.74) is 2.74. The van der Waals surface area contributed by atoms with Crippen LogP contribution in [0.1, 0.15) is 37.8 Å². The van der Waals surface area contributed by atoms with Crippen LogP contribution in [0.3, 0.4) is 0 Å². The molecule has 56 heavy (non-hydrogen) atoms.